The maximum absolute atomic E-state index is 12.3. The molecule has 0 aliphatic carbocycles. The Bertz CT molecular complexity index is 651. The largest absolute Gasteiger partial charge is 0.379 e. The summed E-state index contributed by atoms with van der Waals surface area (Å²) in [6.07, 6.45) is 0.885. The number of rotatable bonds is 3. The molecule has 3 nitrogen and oxygen atoms in total. The molecule has 1 fully saturated rings. The fourth-order valence-corrected chi connectivity index (χ4v) is 2.95. The summed E-state index contributed by atoms with van der Waals surface area (Å²) in [7, 11) is 0. The van der Waals surface area contributed by atoms with Crippen LogP contribution in [0.3, 0.4) is 0 Å². The number of halogens is 1. The molecule has 1 atom stereocenters. The van der Waals surface area contributed by atoms with Crippen LogP contribution in [0.1, 0.15) is 16.8 Å². The summed E-state index contributed by atoms with van der Waals surface area (Å²) in [6.45, 7) is 1.33. The van der Waals surface area contributed by atoms with E-state index in [0.29, 0.717) is 12.2 Å². The van der Waals surface area contributed by atoms with Crippen molar-refractivity contribution in [3.05, 3.63) is 58.6 Å². The summed E-state index contributed by atoms with van der Waals surface area (Å²) in [6, 6.07) is 15.8. The van der Waals surface area contributed by atoms with Crippen LogP contribution < -0.4 is 5.32 Å². The smallest absolute Gasteiger partial charge is 0.251 e. The fraction of sp³-hybridized carbons (Fsp3) is 0.235. The van der Waals surface area contributed by atoms with Crippen LogP contribution in [-0.4, -0.2) is 25.2 Å². The topological polar surface area (TPSA) is 38.3 Å². The predicted molar refractivity (Wildman–Crippen MR) is 86.3 cm³/mol. The Hall–Kier alpha value is -1.65. The number of amides is 1. The molecule has 1 N–H and O–H groups in total. The first-order valence-electron chi connectivity index (χ1n) is 6.97. The number of hydrogen-bond acceptors (Lipinski definition) is 2. The summed E-state index contributed by atoms with van der Waals surface area (Å²) in [5.74, 6) is -0.0422. The van der Waals surface area contributed by atoms with Crippen molar-refractivity contribution in [1.29, 1.82) is 0 Å². The molecule has 1 aliphatic heterocycles. The Morgan fingerprint density at radius 1 is 1.19 bits per heavy atom. The number of carbonyl (C=O) groups excluding carboxylic acids is 1. The molecule has 108 valence electrons. The van der Waals surface area contributed by atoms with Crippen molar-refractivity contribution >= 4 is 21.8 Å². The summed E-state index contributed by atoms with van der Waals surface area (Å²) in [5, 5.41) is 3.01. The standard InChI is InChI=1S/C17H16BrNO2/c18-16-7-2-1-6-15(16)12-4-3-5-13(10-12)17(20)19-14-8-9-21-11-14/h1-7,10,14H,8-9,11H2,(H,19,20). The SMILES string of the molecule is O=C(NC1CCOC1)c1cccc(-c2ccccc2Br)c1. The second-order valence-electron chi connectivity index (χ2n) is 5.09. The first kappa shape index (κ1) is 14.3. The monoisotopic (exact) mass is 345 g/mol. The summed E-state index contributed by atoms with van der Waals surface area (Å²) < 4.78 is 6.30. The number of nitrogens with one attached hydrogen (secondary N) is 1. The molecule has 0 bridgehead atoms. The van der Waals surface area contributed by atoms with Crippen molar-refractivity contribution in [3.63, 3.8) is 0 Å². The molecular weight excluding hydrogens is 330 g/mol. The Kier molecular flexibility index (Phi) is 4.36. The minimum absolute atomic E-state index is 0.0422. The number of carbonyl (C=O) groups is 1. The van der Waals surface area contributed by atoms with Gasteiger partial charge in [0.25, 0.3) is 5.91 Å². The zero-order chi connectivity index (χ0) is 14.7. The highest BCUT2D eigenvalue weighted by atomic mass is 79.9. The van der Waals surface area contributed by atoms with Gasteiger partial charge in [0.15, 0.2) is 0 Å². The van der Waals surface area contributed by atoms with E-state index in [-0.39, 0.29) is 11.9 Å². The van der Waals surface area contributed by atoms with Gasteiger partial charge in [-0.05, 0) is 35.7 Å². The average Bonchev–Trinajstić information content (AvgIpc) is 3.01. The van der Waals surface area contributed by atoms with Gasteiger partial charge in [-0.2, -0.15) is 0 Å². The van der Waals surface area contributed by atoms with Crippen LogP contribution in [0, 0.1) is 0 Å². The van der Waals surface area contributed by atoms with Crippen LogP contribution in [0.15, 0.2) is 53.0 Å². The van der Waals surface area contributed by atoms with Crippen LogP contribution >= 0.6 is 15.9 Å². The van der Waals surface area contributed by atoms with Gasteiger partial charge in [-0.3, -0.25) is 4.79 Å². The number of benzene rings is 2. The molecule has 3 rings (SSSR count). The maximum atomic E-state index is 12.3. The Labute approximate surface area is 132 Å². The Morgan fingerprint density at radius 3 is 2.81 bits per heavy atom. The molecule has 2 aromatic rings. The zero-order valence-corrected chi connectivity index (χ0v) is 13.1. The molecule has 0 spiro atoms. The highest BCUT2D eigenvalue weighted by Crippen LogP contribution is 2.28. The molecule has 0 radical (unpaired) electrons. The second-order valence-corrected chi connectivity index (χ2v) is 5.95. The van der Waals surface area contributed by atoms with E-state index < -0.39 is 0 Å². The molecule has 2 aromatic carbocycles. The molecule has 0 aromatic heterocycles. The minimum Gasteiger partial charge on any atom is -0.379 e. The quantitative estimate of drug-likeness (QED) is 0.922. The van der Waals surface area contributed by atoms with Gasteiger partial charge in [-0.15, -0.1) is 0 Å². The van der Waals surface area contributed by atoms with Crippen LogP contribution in [0.25, 0.3) is 11.1 Å². The van der Waals surface area contributed by atoms with Gasteiger partial charge in [0.2, 0.25) is 0 Å². The lowest BCUT2D eigenvalue weighted by Gasteiger charge is -2.12. The van der Waals surface area contributed by atoms with Gasteiger partial charge in [-0.25, -0.2) is 0 Å². The molecule has 4 heteroatoms. The van der Waals surface area contributed by atoms with Crippen LogP contribution in [0.4, 0.5) is 0 Å². The summed E-state index contributed by atoms with van der Waals surface area (Å²) >= 11 is 3.55. The Morgan fingerprint density at radius 2 is 2.05 bits per heavy atom. The molecule has 1 aliphatic rings. The fourth-order valence-electron chi connectivity index (χ4n) is 2.44. The third-order valence-electron chi connectivity index (χ3n) is 3.57. The first-order chi connectivity index (χ1) is 10.2. The van der Waals surface area contributed by atoms with Gasteiger partial charge in [0.1, 0.15) is 0 Å². The van der Waals surface area contributed by atoms with Gasteiger partial charge in [0.05, 0.1) is 12.6 Å². The molecule has 1 heterocycles. The number of hydrogen-bond donors (Lipinski definition) is 1. The average molecular weight is 346 g/mol. The highest BCUT2D eigenvalue weighted by molar-refractivity contribution is 9.10. The van der Waals surface area contributed by atoms with Crippen molar-refractivity contribution in [2.45, 2.75) is 12.5 Å². The van der Waals surface area contributed by atoms with Crippen molar-refractivity contribution in [1.82, 2.24) is 5.32 Å². The molecule has 21 heavy (non-hydrogen) atoms. The molecule has 1 amide bonds. The molecular formula is C17H16BrNO2. The van der Waals surface area contributed by atoms with Crippen LogP contribution in [0.5, 0.6) is 0 Å². The summed E-state index contributed by atoms with van der Waals surface area (Å²) in [5.41, 5.74) is 2.78. The molecule has 1 saturated heterocycles. The van der Waals surface area contributed by atoms with Crippen LogP contribution in [-0.2, 0) is 4.74 Å². The van der Waals surface area contributed by atoms with E-state index in [0.717, 1.165) is 28.6 Å². The minimum atomic E-state index is -0.0422. The van der Waals surface area contributed by atoms with Crippen molar-refractivity contribution in [2.75, 3.05) is 13.2 Å². The van der Waals surface area contributed by atoms with E-state index in [1.54, 1.807) is 0 Å². The van der Waals surface area contributed by atoms with E-state index in [4.69, 9.17) is 4.74 Å². The second kappa shape index (κ2) is 6.41. The third kappa shape index (κ3) is 3.34. The zero-order valence-electron chi connectivity index (χ0n) is 11.5. The van der Waals surface area contributed by atoms with Gasteiger partial charge in [0, 0.05) is 16.6 Å². The van der Waals surface area contributed by atoms with E-state index in [2.05, 4.69) is 21.2 Å². The van der Waals surface area contributed by atoms with Crippen molar-refractivity contribution in [2.24, 2.45) is 0 Å². The molecule has 0 saturated carbocycles. The van der Waals surface area contributed by atoms with Gasteiger partial charge >= 0.3 is 0 Å². The lowest BCUT2D eigenvalue weighted by atomic mass is 10.0. The lowest BCUT2D eigenvalue weighted by Crippen LogP contribution is -2.34. The summed E-state index contributed by atoms with van der Waals surface area (Å²) in [4.78, 5) is 12.3. The third-order valence-corrected chi connectivity index (χ3v) is 4.27. The van der Waals surface area contributed by atoms with E-state index in [9.17, 15) is 4.79 Å². The van der Waals surface area contributed by atoms with Crippen molar-refractivity contribution < 1.29 is 9.53 Å². The lowest BCUT2D eigenvalue weighted by molar-refractivity contribution is 0.0930. The number of ether oxygens (including phenoxy) is 1. The van der Waals surface area contributed by atoms with Crippen LogP contribution in [0.2, 0.25) is 0 Å². The highest BCUT2D eigenvalue weighted by Gasteiger charge is 2.18. The van der Waals surface area contributed by atoms with Gasteiger partial charge < -0.3 is 10.1 Å². The maximum Gasteiger partial charge on any atom is 0.251 e. The first-order valence-corrected chi connectivity index (χ1v) is 7.77. The van der Waals surface area contributed by atoms with Gasteiger partial charge in [-0.1, -0.05) is 46.3 Å². The normalized spacial score (nSPS) is 17.7. The Balaban J connectivity index is 1.83. The van der Waals surface area contributed by atoms with Crippen molar-refractivity contribution in [3.8, 4) is 11.1 Å². The molecule has 1 unspecified atom stereocenters. The van der Waals surface area contributed by atoms with E-state index in [1.807, 2.05) is 48.5 Å². The van der Waals surface area contributed by atoms with E-state index >= 15 is 0 Å². The van der Waals surface area contributed by atoms with E-state index in [1.165, 1.54) is 0 Å². The predicted octanol–water partition coefficient (Wildman–Crippen LogP) is 3.63.